The number of hydrogen-bond acceptors (Lipinski definition) is 2. The molecule has 1 unspecified atom stereocenters. The van der Waals surface area contributed by atoms with Gasteiger partial charge < -0.3 is 10.1 Å². The van der Waals surface area contributed by atoms with Crippen molar-refractivity contribution >= 4 is 0 Å². The standard InChI is InChI=1S/C16H27NO/c1-5-18-15-11-9-14(10-12-15)16(17-4)8-6-7-13(2)3/h9-13,16-17H,5-8H2,1-4H3. The Balaban J connectivity index is 2.53. The topological polar surface area (TPSA) is 21.3 Å². The molecule has 0 heterocycles. The van der Waals surface area contributed by atoms with Gasteiger partial charge in [0.15, 0.2) is 0 Å². The van der Waals surface area contributed by atoms with Gasteiger partial charge in [-0.3, -0.25) is 0 Å². The van der Waals surface area contributed by atoms with Crippen molar-refractivity contribution in [1.82, 2.24) is 5.32 Å². The van der Waals surface area contributed by atoms with Gasteiger partial charge in [0.25, 0.3) is 0 Å². The fourth-order valence-electron chi connectivity index (χ4n) is 2.17. The average Bonchev–Trinajstić information content (AvgIpc) is 2.36. The van der Waals surface area contributed by atoms with Crippen LogP contribution in [0.5, 0.6) is 5.75 Å². The summed E-state index contributed by atoms with van der Waals surface area (Å²) in [4.78, 5) is 0. The Kier molecular flexibility index (Phi) is 6.81. The lowest BCUT2D eigenvalue weighted by molar-refractivity contribution is 0.340. The fourth-order valence-corrected chi connectivity index (χ4v) is 2.17. The molecule has 0 aliphatic carbocycles. The predicted octanol–water partition coefficient (Wildman–Crippen LogP) is 4.17. The van der Waals surface area contributed by atoms with Crippen molar-refractivity contribution in [2.24, 2.45) is 5.92 Å². The molecule has 0 fully saturated rings. The van der Waals surface area contributed by atoms with Crippen LogP contribution in [0.4, 0.5) is 0 Å². The second-order valence-corrected chi connectivity index (χ2v) is 5.17. The molecule has 102 valence electrons. The van der Waals surface area contributed by atoms with Crippen LogP contribution in [0.1, 0.15) is 51.6 Å². The molecule has 2 heteroatoms. The molecule has 0 saturated heterocycles. The molecule has 0 radical (unpaired) electrons. The highest BCUT2D eigenvalue weighted by atomic mass is 16.5. The Morgan fingerprint density at radius 1 is 1.11 bits per heavy atom. The summed E-state index contributed by atoms with van der Waals surface area (Å²) in [6.07, 6.45) is 3.77. The van der Waals surface area contributed by atoms with Crippen molar-refractivity contribution < 1.29 is 4.74 Å². The Morgan fingerprint density at radius 2 is 1.78 bits per heavy atom. The van der Waals surface area contributed by atoms with Crippen LogP contribution in [0.3, 0.4) is 0 Å². The van der Waals surface area contributed by atoms with Crippen molar-refractivity contribution in [2.45, 2.75) is 46.1 Å². The lowest BCUT2D eigenvalue weighted by atomic mass is 9.98. The first-order valence-corrected chi connectivity index (χ1v) is 7.07. The molecule has 1 aromatic carbocycles. The molecule has 0 amide bonds. The zero-order chi connectivity index (χ0) is 13.4. The molecular formula is C16H27NO. The molecule has 0 aliphatic rings. The second kappa shape index (κ2) is 8.15. The Labute approximate surface area is 112 Å². The van der Waals surface area contributed by atoms with Crippen molar-refractivity contribution in [2.75, 3.05) is 13.7 Å². The minimum Gasteiger partial charge on any atom is -0.494 e. The predicted molar refractivity (Wildman–Crippen MR) is 78.1 cm³/mol. The molecule has 0 bridgehead atoms. The van der Waals surface area contributed by atoms with Gasteiger partial charge in [-0.25, -0.2) is 0 Å². The molecule has 0 aromatic heterocycles. The molecular weight excluding hydrogens is 222 g/mol. The summed E-state index contributed by atoms with van der Waals surface area (Å²) in [6.45, 7) is 7.30. The Bertz CT molecular complexity index is 318. The third-order valence-electron chi connectivity index (χ3n) is 3.22. The van der Waals surface area contributed by atoms with E-state index in [1.165, 1.54) is 24.8 Å². The SMILES string of the molecule is CCOc1ccc(C(CCCC(C)C)NC)cc1. The molecule has 0 saturated carbocycles. The Morgan fingerprint density at radius 3 is 2.28 bits per heavy atom. The van der Waals surface area contributed by atoms with Crippen LogP contribution in [0, 0.1) is 5.92 Å². The molecule has 18 heavy (non-hydrogen) atoms. The summed E-state index contributed by atoms with van der Waals surface area (Å²) < 4.78 is 5.47. The highest BCUT2D eigenvalue weighted by molar-refractivity contribution is 5.29. The highest BCUT2D eigenvalue weighted by Gasteiger charge is 2.09. The second-order valence-electron chi connectivity index (χ2n) is 5.17. The summed E-state index contributed by atoms with van der Waals surface area (Å²) in [6, 6.07) is 8.92. The van der Waals surface area contributed by atoms with Crippen LogP contribution in [-0.2, 0) is 0 Å². The van der Waals surface area contributed by atoms with Crippen LogP contribution in [0.25, 0.3) is 0 Å². The van der Waals surface area contributed by atoms with Gasteiger partial charge in [0.1, 0.15) is 5.75 Å². The molecule has 0 spiro atoms. The molecule has 0 aliphatic heterocycles. The Hall–Kier alpha value is -1.02. The number of benzene rings is 1. The summed E-state index contributed by atoms with van der Waals surface area (Å²) in [7, 11) is 2.04. The summed E-state index contributed by atoms with van der Waals surface area (Å²) in [5.41, 5.74) is 1.35. The van der Waals surface area contributed by atoms with E-state index in [9.17, 15) is 0 Å². The first-order chi connectivity index (χ1) is 8.67. The minimum absolute atomic E-state index is 0.458. The number of rotatable bonds is 8. The molecule has 1 rings (SSSR count). The fraction of sp³-hybridized carbons (Fsp3) is 0.625. The number of hydrogen-bond donors (Lipinski definition) is 1. The van der Waals surface area contributed by atoms with Gasteiger partial charge in [-0.1, -0.05) is 38.8 Å². The highest BCUT2D eigenvalue weighted by Crippen LogP contribution is 2.22. The van der Waals surface area contributed by atoms with Crippen LogP contribution in [0.15, 0.2) is 24.3 Å². The van der Waals surface area contributed by atoms with Crippen LogP contribution >= 0.6 is 0 Å². The van der Waals surface area contributed by atoms with Gasteiger partial charge in [0.05, 0.1) is 6.61 Å². The van der Waals surface area contributed by atoms with E-state index in [2.05, 4.69) is 43.4 Å². The first-order valence-electron chi connectivity index (χ1n) is 7.07. The monoisotopic (exact) mass is 249 g/mol. The van der Waals surface area contributed by atoms with Gasteiger partial charge in [-0.2, -0.15) is 0 Å². The summed E-state index contributed by atoms with van der Waals surface area (Å²) in [5.74, 6) is 1.75. The maximum absolute atomic E-state index is 5.47. The van der Waals surface area contributed by atoms with E-state index < -0.39 is 0 Å². The quantitative estimate of drug-likeness (QED) is 0.746. The lowest BCUT2D eigenvalue weighted by Gasteiger charge is -2.17. The molecule has 1 N–H and O–H groups in total. The van der Waals surface area contributed by atoms with E-state index in [1.54, 1.807) is 0 Å². The minimum atomic E-state index is 0.458. The molecule has 1 atom stereocenters. The smallest absolute Gasteiger partial charge is 0.119 e. The van der Waals surface area contributed by atoms with Crippen molar-refractivity contribution in [1.29, 1.82) is 0 Å². The third-order valence-corrected chi connectivity index (χ3v) is 3.22. The van der Waals surface area contributed by atoms with E-state index in [0.717, 1.165) is 18.3 Å². The lowest BCUT2D eigenvalue weighted by Crippen LogP contribution is -2.16. The van der Waals surface area contributed by atoms with E-state index in [1.807, 2.05) is 14.0 Å². The largest absolute Gasteiger partial charge is 0.494 e. The van der Waals surface area contributed by atoms with Gasteiger partial charge in [0.2, 0.25) is 0 Å². The van der Waals surface area contributed by atoms with Gasteiger partial charge >= 0.3 is 0 Å². The van der Waals surface area contributed by atoms with E-state index >= 15 is 0 Å². The van der Waals surface area contributed by atoms with Gasteiger partial charge in [0, 0.05) is 6.04 Å². The number of ether oxygens (including phenoxy) is 1. The van der Waals surface area contributed by atoms with Crippen LogP contribution in [0.2, 0.25) is 0 Å². The molecule has 1 aromatic rings. The van der Waals surface area contributed by atoms with E-state index in [-0.39, 0.29) is 0 Å². The van der Waals surface area contributed by atoms with Crippen molar-refractivity contribution in [3.63, 3.8) is 0 Å². The molecule has 2 nitrogen and oxygen atoms in total. The first kappa shape index (κ1) is 15.0. The normalized spacial score (nSPS) is 12.7. The van der Waals surface area contributed by atoms with Crippen molar-refractivity contribution in [3.05, 3.63) is 29.8 Å². The van der Waals surface area contributed by atoms with Crippen LogP contribution < -0.4 is 10.1 Å². The third kappa shape index (κ3) is 5.09. The zero-order valence-electron chi connectivity index (χ0n) is 12.2. The maximum atomic E-state index is 5.47. The average molecular weight is 249 g/mol. The van der Waals surface area contributed by atoms with Gasteiger partial charge in [-0.05, 0) is 44.0 Å². The van der Waals surface area contributed by atoms with E-state index in [4.69, 9.17) is 4.74 Å². The van der Waals surface area contributed by atoms with Crippen LogP contribution in [-0.4, -0.2) is 13.7 Å². The number of nitrogens with one attached hydrogen (secondary N) is 1. The van der Waals surface area contributed by atoms with E-state index in [0.29, 0.717) is 6.04 Å². The summed E-state index contributed by atoms with van der Waals surface area (Å²) >= 11 is 0. The summed E-state index contributed by atoms with van der Waals surface area (Å²) in [5, 5.41) is 3.40. The van der Waals surface area contributed by atoms with Crippen molar-refractivity contribution in [3.8, 4) is 5.75 Å². The van der Waals surface area contributed by atoms with Gasteiger partial charge in [-0.15, -0.1) is 0 Å². The maximum Gasteiger partial charge on any atom is 0.119 e. The zero-order valence-corrected chi connectivity index (χ0v) is 12.2.